The monoisotopic (exact) mass is 580 g/mol. The Labute approximate surface area is 227 Å². The van der Waals surface area contributed by atoms with Crippen molar-refractivity contribution in [1.82, 2.24) is 14.2 Å². The summed E-state index contributed by atoms with van der Waals surface area (Å²) in [5, 5.41) is 7.29. The van der Waals surface area contributed by atoms with E-state index in [9.17, 15) is 4.79 Å². The Hall–Kier alpha value is -2.93. The number of para-hydroxylation sites is 1. The second-order valence-electron chi connectivity index (χ2n) is 8.78. The van der Waals surface area contributed by atoms with E-state index in [-0.39, 0.29) is 11.5 Å². The lowest BCUT2D eigenvalue weighted by Gasteiger charge is -2.13. The Morgan fingerprint density at radius 3 is 2.64 bits per heavy atom. The summed E-state index contributed by atoms with van der Waals surface area (Å²) in [6.45, 7) is 4.75. The van der Waals surface area contributed by atoms with Crippen molar-refractivity contribution in [3.63, 3.8) is 0 Å². The van der Waals surface area contributed by atoms with E-state index in [4.69, 9.17) is 28.2 Å². The van der Waals surface area contributed by atoms with Crippen LogP contribution in [0.25, 0.3) is 21.8 Å². The van der Waals surface area contributed by atoms with Gasteiger partial charge in [0.15, 0.2) is 0 Å². The third kappa shape index (κ3) is 4.73. The fourth-order valence-corrected chi connectivity index (χ4v) is 4.92. The van der Waals surface area contributed by atoms with E-state index in [0.29, 0.717) is 33.3 Å². The van der Waals surface area contributed by atoms with Gasteiger partial charge < -0.3 is 4.57 Å². The molecule has 0 N–H and O–H groups in total. The van der Waals surface area contributed by atoms with Crippen molar-refractivity contribution >= 4 is 67.2 Å². The van der Waals surface area contributed by atoms with Gasteiger partial charge in [-0.1, -0.05) is 77.2 Å². The molecular formula is C28H23BrCl2N4O. The van der Waals surface area contributed by atoms with Gasteiger partial charge in [0, 0.05) is 39.6 Å². The summed E-state index contributed by atoms with van der Waals surface area (Å²) in [5.41, 5.74) is 3.48. The highest BCUT2D eigenvalue weighted by molar-refractivity contribution is 9.10. The maximum absolute atomic E-state index is 13.5. The van der Waals surface area contributed by atoms with Crippen LogP contribution in [0.3, 0.4) is 0 Å². The molecule has 2 aromatic heterocycles. The van der Waals surface area contributed by atoms with Gasteiger partial charge in [0.2, 0.25) is 0 Å². The summed E-state index contributed by atoms with van der Waals surface area (Å²) in [5.74, 6) is 0.715. The highest BCUT2D eigenvalue weighted by Crippen LogP contribution is 2.26. The van der Waals surface area contributed by atoms with Gasteiger partial charge in [-0.05, 0) is 48.4 Å². The van der Waals surface area contributed by atoms with Crippen molar-refractivity contribution in [1.29, 1.82) is 0 Å². The Balaban J connectivity index is 1.61. The molecule has 5 rings (SSSR count). The lowest BCUT2D eigenvalue weighted by molar-refractivity contribution is 0.613. The van der Waals surface area contributed by atoms with Gasteiger partial charge >= 0.3 is 0 Å². The summed E-state index contributed by atoms with van der Waals surface area (Å²) in [7, 11) is 0. The van der Waals surface area contributed by atoms with E-state index < -0.39 is 0 Å². The van der Waals surface area contributed by atoms with Crippen molar-refractivity contribution in [2.75, 3.05) is 0 Å². The van der Waals surface area contributed by atoms with Gasteiger partial charge in [-0.3, -0.25) is 4.79 Å². The van der Waals surface area contributed by atoms with Crippen LogP contribution < -0.4 is 5.56 Å². The smallest absolute Gasteiger partial charge is 0.282 e. The summed E-state index contributed by atoms with van der Waals surface area (Å²) < 4.78 is 4.41. The topological polar surface area (TPSA) is 52.2 Å². The molecule has 0 saturated carbocycles. The van der Waals surface area contributed by atoms with E-state index in [1.54, 1.807) is 18.3 Å². The molecule has 0 radical (unpaired) electrons. The molecule has 0 amide bonds. The molecule has 8 heteroatoms. The van der Waals surface area contributed by atoms with Crippen LogP contribution in [0.15, 0.2) is 81.2 Å². The maximum Gasteiger partial charge on any atom is 0.282 e. The Morgan fingerprint density at radius 1 is 1.06 bits per heavy atom. The van der Waals surface area contributed by atoms with Crippen molar-refractivity contribution in [3.8, 4) is 0 Å². The molecule has 1 atom stereocenters. The molecule has 182 valence electrons. The lowest BCUT2D eigenvalue weighted by atomic mass is 10.1. The van der Waals surface area contributed by atoms with Crippen molar-refractivity contribution in [3.05, 3.63) is 109 Å². The third-order valence-electron chi connectivity index (χ3n) is 6.36. The van der Waals surface area contributed by atoms with Crippen LogP contribution in [0, 0.1) is 0 Å². The first kappa shape index (κ1) is 24.8. The molecule has 0 saturated heterocycles. The first-order valence-corrected chi connectivity index (χ1v) is 13.2. The van der Waals surface area contributed by atoms with E-state index in [0.717, 1.165) is 32.9 Å². The minimum absolute atomic E-state index is 0.0684. The summed E-state index contributed by atoms with van der Waals surface area (Å²) >= 11 is 15.8. The summed E-state index contributed by atoms with van der Waals surface area (Å²) in [6, 6.07) is 19.3. The highest BCUT2D eigenvalue weighted by atomic mass is 79.9. The zero-order valence-electron chi connectivity index (χ0n) is 19.8. The van der Waals surface area contributed by atoms with E-state index in [2.05, 4.69) is 51.6 Å². The fourth-order valence-electron chi connectivity index (χ4n) is 4.24. The Morgan fingerprint density at radius 2 is 1.86 bits per heavy atom. The summed E-state index contributed by atoms with van der Waals surface area (Å²) in [6.07, 6.45) is 4.62. The molecule has 0 aliphatic carbocycles. The number of rotatable bonds is 6. The summed E-state index contributed by atoms with van der Waals surface area (Å²) in [4.78, 5) is 18.3. The van der Waals surface area contributed by atoms with Gasteiger partial charge in [-0.15, -0.1) is 0 Å². The van der Waals surface area contributed by atoms with Gasteiger partial charge in [0.25, 0.3) is 5.56 Å². The largest absolute Gasteiger partial charge is 0.342 e. The van der Waals surface area contributed by atoms with Crippen molar-refractivity contribution in [2.24, 2.45) is 5.10 Å². The SMILES string of the molecule is CC[C@@H](C)c1nc2ccc(Br)cc2c(=O)n1N=Cc1cn(Cc2ccc(Cl)c(Cl)c2)c2ccccc12. The van der Waals surface area contributed by atoms with E-state index in [1.807, 2.05) is 42.6 Å². The quantitative estimate of drug-likeness (QED) is 0.192. The molecule has 2 heterocycles. The van der Waals surface area contributed by atoms with Crippen LogP contribution >= 0.6 is 39.1 Å². The normalized spacial score (nSPS) is 12.7. The molecule has 0 bridgehead atoms. The Bertz CT molecular complexity index is 1690. The van der Waals surface area contributed by atoms with Crippen molar-refractivity contribution in [2.45, 2.75) is 32.7 Å². The molecule has 0 unspecified atom stereocenters. The zero-order chi connectivity index (χ0) is 25.4. The number of fused-ring (bicyclic) bond motifs is 2. The number of hydrogen-bond acceptors (Lipinski definition) is 3. The standard InChI is InChI=1S/C28H23BrCl2N4O/c1-3-17(2)27-33-25-11-9-20(29)13-22(25)28(36)35(27)32-14-19-16-34(26-7-5-4-6-21(19)26)15-18-8-10-23(30)24(31)12-18/h4-14,16-17H,3,15H2,1-2H3/t17-/m1/s1. The maximum atomic E-state index is 13.5. The second-order valence-corrected chi connectivity index (χ2v) is 10.5. The number of nitrogens with zero attached hydrogens (tertiary/aromatic N) is 4. The minimum Gasteiger partial charge on any atom is -0.342 e. The first-order valence-electron chi connectivity index (χ1n) is 11.6. The van der Waals surface area contributed by atoms with Crippen molar-refractivity contribution < 1.29 is 0 Å². The lowest BCUT2D eigenvalue weighted by Crippen LogP contribution is -2.23. The van der Waals surface area contributed by atoms with Gasteiger partial charge in [-0.2, -0.15) is 9.78 Å². The average Bonchev–Trinajstić information content (AvgIpc) is 3.22. The highest BCUT2D eigenvalue weighted by Gasteiger charge is 2.16. The van der Waals surface area contributed by atoms with Crippen LogP contribution in [0.5, 0.6) is 0 Å². The molecule has 0 fully saturated rings. The van der Waals surface area contributed by atoms with Crippen LogP contribution in [0.1, 0.15) is 43.1 Å². The fraction of sp³-hybridized carbons (Fsp3) is 0.179. The van der Waals surface area contributed by atoms with Crippen LogP contribution in [0.2, 0.25) is 10.0 Å². The second kappa shape index (κ2) is 10.2. The average molecular weight is 582 g/mol. The van der Waals surface area contributed by atoms with Gasteiger partial charge in [0.05, 0.1) is 27.2 Å². The van der Waals surface area contributed by atoms with E-state index in [1.165, 1.54) is 4.68 Å². The minimum atomic E-state index is -0.188. The molecule has 3 aromatic carbocycles. The van der Waals surface area contributed by atoms with Crippen LogP contribution in [-0.4, -0.2) is 20.4 Å². The predicted molar refractivity (Wildman–Crippen MR) is 153 cm³/mol. The molecule has 0 aliphatic heterocycles. The van der Waals surface area contributed by atoms with Crippen LogP contribution in [0.4, 0.5) is 0 Å². The molecule has 0 spiro atoms. The molecular weight excluding hydrogens is 559 g/mol. The molecule has 36 heavy (non-hydrogen) atoms. The zero-order valence-corrected chi connectivity index (χ0v) is 22.8. The van der Waals surface area contributed by atoms with Crippen LogP contribution in [-0.2, 0) is 6.54 Å². The Kier molecular flexibility index (Phi) is 7.02. The predicted octanol–water partition coefficient (Wildman–Crippen LogP) is 7.86. The molecule has 5 aromatic rings. The van der Waals surface area contributed by atoms with Gasteiger partial charge in [-0.25, -0.2) is 4.98 Å². The van der Waals surface area contributed by atoms with Gasteiger partial charge in [0.1, 0.15) is 5.82 Å². The molecule has 0 aliphatic rings. The number of aromatic nitrogens is 3. The van der Waals surface area contributed by atoms with E-state index >= 15 is 0 Å². The third-order valence-corrected chi connectivity index (χ3v) is 7.59. The number of halogens is 3. The molecule has 5 nitrogen and oxygen atoms in total. The number of hydrogen-bond donors (Lipinski definition) is 0. The first-order chi connectivity index (χ1) is 17.4. The number of benzene rings is 3.